The van der Waals surface area contributed by atoms with E-state index in [1.165, 1.54) is 11.3 Å². The summed E-state index contributed by atoms with van der Waals surface area (Å²) in [4.78, 5) is 12.6. The lowest BCUT2D eigenvalue weighted by Gasteiger charge is -2.08. The molecule has 0 saturated heterocycles. The van der Waals surface area contributed by atoms with Crippen LogP contribution in [0, 0.1) is 0 Å². The topological polar surface area (TPSA) is 41.1 Å². The molecule has 2 aromatic carbocycles. The van der Waals surface area contributed by atoms with Crippen molar-refractivity contribution in [1.29, 1.82) is 0 Å². The smallest absolute Gasteiger partial charge is 0.265 e. The molecule has 1 heterocycles. The summed E-state index contributed by atoms with van der Waals surface area (Å²) in [7, 11) is 0. The Morgan fingerprint density at radius 3 is 2.10 bits per heavy atom. The molecule has 0 aliphatic carbocycles. The Morgan fingerprint density at radius 2 is 1.43 bits per heavy atom. The van der Waals surface area contributed by atoms with Gasteiger partial charge >= 0.3 is 0 Å². The van der Waals surface area contributed by atoms with Gasteiger partial charge in [-0.1, -0.05) is 24.3 Å². The van der Waals surface area contributed by atoms with Gasteiger partial charge in [-0.05, 0) is 47.8 Å². The molecule has 3 nitrogen and oxygen atoms in total. The number of nitrogens with one attached hydrogen (secondary N) is 2. The molecule has 2 N–H and O–H groups in total. The molecule has 0 radical (unpaired) electrons. The lowest BCUT2D eigenvalue weighted by molar-refractivity contribution is 0.103. The van der Waals surface area contributed by atoms with Gasteiger partial charge in [0.25, 0.3) is 5.91 Å². The summed E-state index contributed by atoms with van der Waals surface area (Å²) in [5, 5.41) is 8.07. The van der Waals surface area contributed by atoms with Crippen molar-refractivity contribution in [2.75, 3.05) is 10.6 Å². The Hall–Kier alpha value is -2.59. The molecule has 3 aromatic rings. The van der Waals surface area contributed by atoms with E-state index in [0.717, 1.165) is 17.1 Å². The Bertz CT molecular complexity index is 706. The first-order valence-electron chi connectivity index (χ1n) is 6.58. The van der Waals surface area contributed by atoms with Gasteiger partial charge < -0.3 is 10.6 Å². The van der Waals surface area contributed by atoms with Crippen LogP contribution < -0.4 is 10.6 Å². The largest absolute Gasteiger partial charge is 0.356 e. The van der Waals surface area contributed by atoms with Crippen LogP contribution in [0.5, 0.6) is 0 Å². The molecule has 0 atom stereocenters. The van der Waals surface area contributed by atoms with Crippen molar-refractivity contribution in [3.8, 4) is 0 Å². The molecule has 0 aliphatic rings. The Balaban J connectivity index is 1.65. The number of hydrogen-bond donors (Lipinski definition) is 2. The third-order valence-electron chi connectivity index (χ3n) is 2.95. The van der Waals surface area contributed by atoms with Crippen LogP contribution in [-0.4, -0.2) is 5.91 Å². The van der Waals surface area contributed by atoms with E-state index in [2.05, 4.69) is 10.6 Å². The summed E-state index contributed by atoms with van der Waals surface area (Å²) in [5.74, 6) is -0.0752. The standard InChI is InChI=1S/C17H14N2OS/c20-17(16-7-4-12-21-16)19-15-10-8-14(9-11-15)18-13-5-2-1-3-6-13/h1-12,18H,(H,19,20). The van der Waals surface area contributed by atoms with Crippen LogP contribution >= 0.6 is 11.3 Å². The number of hydrogen-bond acceptors (Lipinski definition) is 3. The zero-order chi connectivity index (χ0) is 14.5. The highest BCUT2D eigenvalue weighted by Gasteiger charge is 2.06. The van der Waals surface area contributed by atoms with Gasteiger partial charge in [-0.3, -0.25) is 4.79 Å². The normalized spacial score (nSPS) is 10.1. The van der Waals surface area contributed by atoms with Crippen LogP contribution in [-0.2, 0) is 0 Å². The Labute approximate surface area is 127 Å². The van der Waals surface area contributed by atoms with Crippen LogP contribution in [0.2, 0.25) is 0 Å². The van der Waals surface area contributed by atoms with Gasteiger partial charge in [0.2, 0.25) is 0 Å². The average molecular weight is 294 g/mol. The summed E-state index contributed by atoms with van der Waals surface area (Å²) in [6.45, 7) is 0. The van der Waals surface area contributed by atoms with Gasteiger partial charge in [-0.25, -0.2) is 0 Å². The number of amides is 1. The molecular formula is C17H14N2OS. The SMILES string of the molecule is O=C(Nc1ccc(Nc2ccccc2)cc1)c1cccs1. The van der Waals surface area contributed by atoms with E-state index in [1.807, 2.05) is 72.1 Å². The minimum Gasteiger partial charge on any atom is -0.356 e. The van der Waals surface area contributed by atoms with E-state index in [4.69, 9.17) is 0 Å². The van der Waals surface area contributed by atoms with Gasteiger partial charge in [0.05, 0.1) is 4.88 Å². The number of anilines is 3. The zero-order valence-electron chi connectivity index (χ0n) is 11.2. The van der Waals surface area contributed by atoms with Crippen molar-refractivity contribution in [2.45, 2.75) is 0 Å². The van der Waals surface area contributed by atoms with Gasteiger partial charge in [0.15, 0.2) is 0 Å². The number of rotatable bonds is 4. The third kappa shape index (κ3) is 3.49. The molecule has 0 bridgehead atoms. The minimum atomic E-state index is -0.0752. The minimum absolute atomic E-state index is 0.0752. The first-order chi connectivity index (χ1) is 10.3. The monoisotopic (exact) mass is 294 g/mol. The second-order valence-electron chi connectivity index (χ2n) is 4.50. The summed E-state index contributed by atoms with van der Waals surface area (Å²) in [6, 6.07) is 21.3. The van der Waals surface area contributed by atoms with Crippen molar-refractivity contribution >= 4 is 34.3 Å². The van der Waals surface area contributed by atoms with Crippen LogP contribution in [0.4, 0.5) is 17.1 Å². The fraction of sp³-hybridized carbons (Fsp3) is 0. The second-order valence-corrected chi connectivity index (χ2v) is 5.45. The predicted octanol–water partition coefficient (Wildman–Crippen LogP) is 4.74. The highest BCUT2D eigenvalue weighted by atomic mass is 32.1. The quantitative estimate of drug-likeness (QED) is 0.729. The number of thiophene rings is 1. The highest BCUT2D eigenvalue weighted by molar-refractivity contribution is 7.12. The highest BCUT2D eigenvalue weighted by Crippen LogP contribution is 2.19. The van der Waals surface area contributed by atoms with E-state index in [1.54, 1.807) is 0 Å². The van der Waals surface area contributed by atoms with E-state index in [0.29, 0.717) is 4.88 Å². The van der Waals surface area contributed by atoms with Gasteiger partial charge in [-0.15, -0.1) is 11.3 Å². The number of para-hydroxylation sites is 1. The van der Waals surface area contributed by atoms with E-state index in [9.17, 15) is 4.79 Å². The van der Waals surface area contributed by atoms with Gasteiger partial charge in [0, 0.05) is 17.1 Å². The van der Waals surface area contributed by atoms with Crippen molar-refractivity contribution < 1.29 is 4.79 Å². The lowest BCUT2D eigenvalue weighted by atomic mass is 10.2. The molecule has 3 rings (SSSR count). The van der Waals surface area contributed by atoms with Crippen molar-refractivity contribution in [1.82, 2.24) is 0 Å². The van der Waals surface area contributed by atoms with E-state index in [-0.39, 0.29) is 5.91 Å². The molecule has 0 spiro atoms. The molecule has 21 heavy (non-hydrogen) atoms. The van der Waals surface area contributed by atoms with Crippen LogP contribution in [0.15, 0.2) is 72.1 Å². The third-order valence-corrected chi connectivity index (χ3v) is 3.82. The number of benzene rings is 2. The van der Waals surface area contributed by atoms with Gasteiger partial charge in [0.1, 0.15) is 0 Å². The first-order valence-corrected chi connectivity index (χ1v) is 7.46. The first kappa shape index (κ1) is 13.4. The van der Waals surface area contributed by atoms with Gasteiger partial charge in [-0.2, -0.15) is 0 Å². The average Bonchev–Trinajstić information content (AvgIpc) is 3.05. The second kappa shape index (κ2) is 6.24. The Kier molecular flexibility index (Phi) is 3.98. The maximum atomic E-state index is 11.9. The van der Waals surface area contributed by atoms with Crippen LogP contribution in [0.1, 0.15) is 9.67 Å². The fourth-order valence-corrected chi connectivity index (χ4v) is 2.54. The molecule has 4 heteroatoms. The molecule has 0 aliphatic heterocycles. The molecule has 0 saturated carbocycles. The molecule has 1 aromatic heterocycles. The number of carbonyl (C=O) groups excluding carboxylic acids is 1. The number of carbonyl (C=O) groups is 1. The predicted molar refractivity (Wildman–Crippen MR) is 88.4 cm³/mol. The zero-order valence-corrected chi connectivity index (χ0v) is 12.1. The summed E-state index contributed by atoms with van der Waals surface area (Å²) in [5.41, 5.74) is 2.80. The fourth-order valence-electron chi connectivity index (χ4n) is 1.93. The van der Waals surface area contributed by atoms with Crippen LogP contribution in [0.25, 0.3) is 0 Å². The maximum Gasteiger partial charge on any atom is 0.265 e. The Morgan fingerprint density at radius 1 is 0.762 bits per heavy atom. The molecular weight excluding hydrogens is 280 g/mol. The molecule has 0 fully saturated rings. The van der Waals surface area contributed by atoms with Crippen LogP contribution in [0.3, 0.4) is 0 Å². The molecule has 1 amide bonds. The molecule has 104 valence electrons. The lowest BCUT2D eigenvalue weighted by Crippen LogP contribution is -2.09. The van der Waals surface area contributed by atoms with Crippen molar-refractivity contribution in [3.63, 3.8) is 0 Å². The van der Waals surface area contributed by atoms with E-state index >= 15 is 0 Å². The summed E-state index contributed by atoms with van der Waals surface area (Å²) in [6.07, 6.45) is 0. The molecule has 0 unspecified atom stereocenters. The van der Waals surface area contributed by atoms with Crippen molar-refractivity contribution in [2.24, 2.45) is 0 Å². The van der Waals surface area contributed by atoms with E-state index < -0.39 is 0 Å². The maximum absolute atomic E-state index is 11.9. The van der Waals surface area contributed by atoms with Crippen molar-refractivity contribution in [3.05, 3.63) is 77.0 Å². The summed E-state index contributed by atoms with van der Waals surface area (Å²) >= 11 is 1.43. The summed E-state index contributed by atoms with van der Waals surface area (Å²) < 4.78 is 0.